The maximum absolute atomic E-state index is 13.0. The summed E-state index contributed by atoms with van der Waals surface area (Å²) in [6.45, 7) is 6.22. The molecule has 150 valence electrons. The number of hydrogen-bond donors (Lipinski definition) is 0. The molecule has 0 spiro atoms. The Morgan fingerprint density at radius 1 is 1.10 bits per heavy atom. The van der Waals surface area contributed by atoms with E-state index in [0.29, 0.717) is 5.01 Å². The summed E-state index contributed by atoms with van der Waals surface area (Å²) in [4.78, 5) is 6.72. The molecule has 0 N–H and O–H groups in total. The average Bonchev–Trinajstić information content (AvgIpc) is 3.14. The van der Waals surface area contributed by atoms with Crippen LogP contribution in [0.2, 0.25) is 4.34 Å². The molecule has 0 bridgehead atoms. The molecule has 3 aromatic rings. The summed E-state index contributed by atoms with van der Waals surface area (Å²) in [5.41, 5.74) is 4.18. The van der Waals surface area contributed by atoms with Crippen LogP contribution < -0.4 is 4.90 Å². The van der Waals surface area contributed by atoms with Crippen LogP contribution in [0, 0.1) is 6.92 Å². The van der Waals surface area contributed by atoms with Crippen molar-refractivity contribution in [2.75, 3.05) is 11.9 Å². The van der Waals surface area contributed by atoms with Gasteiger partial charge < -0.3 is 4.90 Å². The number of nitrogens with zero attached hydrogens (tertiary/aromatic N) is 2. The number of allylic oxidation sites excluding steroid dienone is 1. The second-order valence-corrected chi connectivity index (χ2v) is 11.2. The molecule has 4 nitrogen and oxygen atoms in total. The number of fused-ring (bicyclic) bond motifs is 1. The zero-order chi connectivity index (χ0) is 21.0. The Bertz CT molecular complexity index is 1230. The highest BCUT2D eigenvalue weighted by Crippen LogP contribution is 2.47. The number of sulfone groups is 1. The largest absolute Gasteiger partial charge is 0.347 e. The normalized spacial score (nSPS) is 17.0. The van der Waals surface area contributed by atoms with Gasteiger partial charge >= 0.3 is 0 Å². The van der Waals surface area contributed by atoms with Crippen molar-refractivity contribution in [1.29, 1.82) is 0 Å². The monoisotopic (exact) mass is 444 g/mol. The third kappa shape index (κ3) is 3.29. The number of para-hydroxylation sites is 1. The van der Waals surface area contributed by atoms with Gasteiger partial charge in [-0.15, -0.1) is 11.3 Å². The first-order chi connectivity index (χ1) is 13.6. The van der Waals surface area contributed by atoms with Crippen LogP contribution in [0.15, 0.2) is 64.1 Å². The minimum atomic E-state index is -3.77. The van der Waals surface area contributed by atoms with Crippen LogP contribution >= 0.6 is 22.9 Å². The number of aromatic nitrogens is 1. The van der Waals surface area contributed by atoms with E-state index in [-0.39, 0.29) is 19.7 Å². The van der Waals surface area contributed by atoms with Gasteiger partial charge in [0.25, 0.3) is 0 Å². The third-order valence-corrected chi connectivity index (χ3v) is 8.50. The van der Waals surface area contributed by atoms with Crippen LogP contribution in [0.4, 0.5) is 5.69 Å². The lowest BCUT2D eigenvalue weighted by Crippen LogP contribution is -2.22. The van der Waals surface area contributed by atoms with Gasteiger partial charge in [-0.2, -0.15) is 0 Å². The molecular weight excluding hydrogens is 424 g/mol. The first-order valence-electron chi connectivity index (χ1n) is 9.16. The first kappa shape index (κ1) is 20.1. The van der Waals surface area contributed by atoms with E-state index in [2.05, 4.69) is 35.9 Å². The van der Waals surface area contributed by atoms with Crippen molar-refractivity contribution in [3.8, 4) is 0 Å². The number of benzene rings is 2. The predicted molar refractivity (Wildman–Crippen MR) is 120 cm³/mol. The average molecular weight is 445 g/mol. The summed E-state index contributed by atoms with van der Waals surface area (Å²) in [6, 6.07) is 15.0. The quantitative estimate of drug-likeness (QED) is 0.519. The predicted octanol–water partition coefficient (Wildman–Crippen LogP) is 5.71. The summed E-state index contributed by atoms with van der Waals surface area (Å²) >= 11 is 7.51. The molecule has 0 amide bonds. The molecular formula is C22H21ClN2O2S2. The van der Waals surface area contributed by atoms with Crippen molar-refractivity contribution < 1.29 is 8.42 Å². The van der Waals surface area contributed by atoms with E-state index < -0.39 is 9.84 Å². The molecule has 0 fully saturated rings. The van der Waals surface area contributed by atoms with Gasteiger partial charge in [0, 0.05) is 23.8 Å². The summed E-state index contributed by atoms with van der Waals surface area (Å²) < 4.78 is 26.2. The molecule has 2 heterocycles. The fourth-order valence-corrected chi connectivity index (χ4v) is 6.60. The molecule has 1 aliphatic heterocycles. The van der Waals surface area contributed by atoms with Gasteiger partial charge in [0.1, 0.15) is 9.34 Å². The number of anilines is 1. The SMILES string of the molecule is Cc1ccc(S(=O)(=O)c2nc(C=C3N(C)c4ccccc4C3(C)C)sc2Cl)cc1. The zero-order valence-corrected chi connectivity index (χ0v) is 19.0. The minimum absolute atomic E-state index is 0.0872. The summed E-state index contributed by atoms with van der Waals surface area (Å²) in [5, 5.41) is 0.485. The van der Waals surface area contributed by atoms with Gasteiger partial charge in [0.2, 0.25) is 9.84 Å². The van der Waals surface area contributed by atoms with Crippen LogP contribution in [0.5, 0.6) is 0 Å². The summed E-state index contributed by atoms with van der Waals surface area (Å²) in [6.07, 6.45) is 1.94. The molecule has 0 aliphatic carbocycles. The van der Waals surface area contributed by atoms with Crippen LogP contribution in [0.25, 0.3) is 6.08 Å². The van der Waals surface area contributed by atoms with Crippen LogP contribution in [-0.4, -0.2) is 20.4 Å². The van der Waals surface area contributed by atoms with E-state index in [1.54, 1.807) is 24.3 Å². The molecule has 4 rings (SSSR count). The van der Waals surface area contributed by atoms with Crippen LogP contribution in [-0.2, 0) is 15.3 Å². The summed E-state index contributed by atoms with van der Waals surface area (Å²) in [5.74, 6) is 0. The fraction of sp³-hybridized carbons (Fsp3) is 0.227. The third-order valence-electron chi connectivity index (χ3n) is 5.36. The zero-order valence-electron chi connectivity index (χ0n) is 16.6. The summed E-state index contributed by atoms with van der Waals surface area (Å²) in [7, 11) is -1.76. The molecule has 0 saturated heterocycles. The highest BCUT2D eigenvalue weighted by molar-refractivity contribution is 7.91. The van der Waals surface area contributed by atoms with Gasteiger partial charge in [0.15, 0.2) is 5.03 Å². The van der Waals surface area contributed by atoms with E-state index in [4.69, 9.17) is 11.6 Å². The van der Waals surface area contributed by atoms with E-state index in [1.165, 1.54) is 16.9 Å². The van der Waals surface area contributed by atoms with Gasteiger partial charge in [-0.1, -0.05) is 61.3 Å². The van der Waals surface area contributed by atoms with Gasteiger partial charge in [-0.05, 0) is 36.8 Å². The molecule has 0 saturated carbocycles. The van der Waals surface area contributed by atoms with Crippen molar-refractivity contribution in [2.45, 2.75) is 36.1 Å². The number of halogens is 1. The molecule has 0 unspecified atom stereocenters. The number of aryl methyl sites for hydroxylation is 1. The van der Waals surface area contributed by atoms with Gasteiger partial charge in [-0.25, -0.2) is 13.4 Å². The number of rotatable bonds is 3. The Balaban J connectivity index is 1.77. The minimum Gasteiger partial charge on any atom is -0.347 e. The van der Waals surface area contributed by atoms with E-state index in [1.807, 2.05) is 32.2 Å². The maximum atomic E-state index is 13.0. The topological polar surface area (TPSA) is 50.3 Å². The second-order valence-electron chi connectivity index (χ2n) is 7.68. The molecule has 1 aromatic heterocycles. The van der Waals surface area contributed by atoms with Crippen LogP contribution in [0.1, 0.15) is 30.0 Å². The Hall–Kier alpha value is -2.15. The lowest BCUT2D eigenvalue weighted by atomic mass is 9.84. The molecule has 2 aromatic carbocycles. The highest BCUT2D eigenvalue weighted by Gasteiger charge is 2.38. The van der Waals surface area contributed by atoms with Crippen molar-refractivity contribution in [3.05, 3.63) is 74.7 Å². The smallest absolute Gasteiger partial charge is 0.226 e. The molecule has 0 radical (unpaired) electrons. The highest BCUT2D eigenvalue weighted by atomic mass is 35.5. The lowest BCUT2D eigenvalue weighted by Gasteiger charge is -2.23. The number of likely N-dealkylation sites (N-methyl/N-ethyl adjacent to an activating group) is 1. The molecule has 0 atom stereocenters. The van der Waals surface area contributed by atoms with Crippen molar-refractivity contribution in [2.24, 2.45) is 0 Å². The van der Waals surface area contributed by atoms with E-state index >= 15 is 0 Å². The maximum Gasteiger partial charge on any atom is 0.226 e. The Morgan fingerprint density at radius 3 is 2.41 bits per heavy atom. The van der Waals surface area contributed by atoms with Crippen molar-refractivity contribution >= 4 is 44.5 Å². The Labute approximate surface area is 180 Å². The number of hydrogen-bond acceptors (Lipinski definition) is 5. The Kier molecular flexibility index (Phi) is 4.84. The molecule has 29 heavy (non-hydrogen) atoms. The van der Waals surface area contributed by atoms with Gasteiger partial charge in [-0.3, -0.25) is 0 Å². The van der Waals surface area contributed by atoms with Crippen LogP contribution in [0.3, 0.4) is 0 Å². The standard InChI is InChI=1S/C22H21ClN2O2S2/c1-14-9-11-15(12-10-14)29(26,27)21-20(23)28-19(24-21)13-18-22(2,3)16-7-5-6-8-17(16)25(18)4/h5-13H,1-4H3. The molecule has 1 aliphatic rings. The second kappa shape index (κ2) is 6.97. The van der Waals surface area contributed by atoms with Gasteiger partial charge in [0.05, 0.1) is 4.90 Å². The van der Waals surface area contributed by atoms with Crippen molar-refractivity contribution in [1.82, 2.24) is 4.98 Å². The fourth-order valence-electron chi connectivity index (χ4n) is 3.73. The lowest BCUT2D eigenvalue weighted by molar-refractivity contribution is 0.593. The Morgan fingerprint density at radius 2 is 1.76 bits per heavy atom. The first-order valence-corrected chi connectivity index (χ1v) is 11.8. The van der Waals surface area contributed by atoms with E-state index in [9.17, 15) is 8.42 Å². The molecule has 7 heteroatoms. The van der Waals surface area contributed by atoms with Crippen molar-refractivity contribution in [3.63, 3.8) is 0 Å². The number of thiazole rings is 1. The van der Waals surface area contributed by atoms with E-state index in [0.717, 1.165) is 16.9 Å².